The molecule has 3 aromatic heterocycles. The first kappa shape index (κ1) is 14.4. The summed E-state index contributed by atoms with van der Waals surface area (Å²) >= 11 is 0. The highest BCUT2D eigenvalue weighted by atomic mass is 15.5. The van der Waals surface area contributed by atoms with Crippen molar-refractivity contribution in [3.8, 4) is 5.69 Å². The van der Waals surface area contributed by atoms with Crippen molar-refractivity contribution in [2.45, 2.75) is 20.4 Å². The molecule has 0 aliphatic carbocycles. The van der Waals surface area contributed by atoms with Crippen LogP contribution in [0.4, 0.5) is 5.69 Å². The number of fused-ring (bicyclic) bond motifs is 1. The molecule has 1 aromatic carbocycles. The maximum absolute atomic E-state index is 4.64. The third-order valence-electron chi connectivity index (χ3n) is 4.01. The Labute approximate surface area is 139 Å². The molecule has 3 heterocycles. The molecule has 0 aliphatic heterocycles. The van der Waals surface area contributed by atoms with Gasteiger partial charge in [0.1, 0.15) is 12.0 Å². The summed E-state index contributed by atoms with van der Waals surface area (Å²) in [6, 6.07) is 12.2. The Balaban J connectivity index is 1.53. The number of nitrogens with zero attached hydrogens (tertiary/aromatic N) is 6. The minimum Gasteiger partial charge on any atom is -0.379 e. The van der Waals surface area contributed by atoms with Crippen LogP contribution in [0.1, 0.15) is 17.0 Å². The van der Waals surface area contributed by atoms with E-state index >= 15 is 0 Å². The SMILES string of the molecule is Cc1cc(NCc2cn3c(C)cccc3n2)ccc1-n1cnnn1. The maximum Gasteiger partial charge on any atom is 0.143 e. The smallest absolute Gasteiger partial charge is 0.143 e. The number of aryl methyl sites for hydroxylation is 2. The van der Waals surface area contributed by atoms with Gasteiger partial charge in [0.25, 0.3) is 0 Å². The van der Waals surface area contributed by atoms with Crippen molar-refractivity contribution in [3.05, 3.63) is 65.9 Å². The summed E-state index contributed by atoms with van der Waals surface area (Å²) in [5, 5.41) is 14.7. The summed E-state index contributed by atoms with van der Waals surface area (Å²) in [6.07, 6.45) is 3.66. The van der Waals surface area contributed by atoms with E-state index in [2.05, 4.69) is 55.5 Å². The van der Waals surface area contributed by atoms with Gasteiger partial charge in [-0.3, -0.25) is 0 Å². The number of nitrogens with one attached hydrogen (secondary N) is 1. The monoisotopic (exact) mass is 319 g/mol. The molecule has 1 N–H and O–H groups in total. The van der Waals surface area contributed by atoms with Gasteiger partial charge in [0.2, 0.25) is 0 Å². The van der Waals surface area contributed by atoms with Crippen LogP contribution in [0.15, 0.2) is 48.9 Å². The van der Waals surface area contributed by atoms with Crippen molar-refractivity contribution in [2.75, 3.05) is 5.32 Å². The van der Waals surface area contributed by atoms with Crippen LogP contribution in [0, 0.1) is 13.8 Å². The van der Waals surface area contributed by atoms with E-state index in [0.29, 0.717) is 6.54 Å². The second-order valence-corrected chi connectivity index (χ2v) is 5.74. The molecule has 0 bridgehead atoms. The Kier molecular flexibility index (Phi) is 3.45. The third-order valence-corrected chi connectivity index (χ3v) is 4.01. The molecule has 0 spiro atoms. The number of hydrogen-bond donors (Lipinski definition) is 1. The molecule has 7 heteroatoms. The summed E-state index contributed by atoms with van der Waals surface area (Å²) < 4.78 is 3.76. The molecule has 0 saturated heterocycles. The van der Waals surface area contributed by atoms with E-state index in [0.717, 1.165) is 28.3 Å². The van der Waals surface area contributed by atoms with E-state index in [9.17, 15) is 0 Å². The number of aromatic nitrogens is 6. The van der Waals surface area contributed by atoms with Gasteiger partial charge < -0.3 is 9.72 Å². The lowest BCUT2D eigenvalue weighted by atomic mass is 10.2. The van der Waals surface area contributed by atoms with Crippen molar-refractivity contribution >= 4 is 11.3 Å². The first-order chi connectivity index (χ1) is 11.7. The summed E-state index contributed by atoms with van der Waals surface area (Å²) in [4.78, 5) is 4.64. The van der Waals surface area contributed by atoms with Gasteiger partial charge in [0.05, 0.1) is 17.9 Å². The van der Waals surface area contributed by atoms with Gasteiger partial charge in [-0.25, -0.2) is 9.67 Å². The van der Waals surface area contributed by atoms with Gasteiger partial charge in [-0.1, -0.05) is 6.07 Å². The van der Waals surface area contributed by atoms with Gasteiger partial charge in [-0.2, -0.15) is 0 Å². The molecule has 0 radical (unpaired) electrons. The topological polar surface area (TPSA) is 72.9 Å². The van der Waals surface area contributed by atoms with E-state index < -0.39 is 0 Å². The Morgan fingerprint density at radius 2 is 2.04 bits per heavy atom. The Hall–Kier alpha value is -3.22. The van der Waals surface area contributed by atoms with Crippen molar-refractivity contribution in [1.82, 2.24) is 29.6 Å². The highest BCUT2D eigenvalue weighted by molar-refractivity contribution is 5.53. The Morgan fingerprint density at radius 1 is 1.12 bits per heavy atom. The minimum atomic E-state index is 0.671. The molecule has 7 nitrogen and oxygen atoms in total. The van der Waals surface area contributed by atoms with Crippen molar-refractivity contribution in [1.29, 1.82) is 0 Å². The van der Waals surface area contributed by atoms with Crippen LogP contribution in [-0.4, -0.2) is 29.6 Å². The molecular weight excluding hydrogens is 302 g/mol. The Bertz CT molecular complexity index is 986. The van der Waals surface area contributed by atoms with E-state index in [4.69, 9.17) is 0 Å². The number of tetrazole rings is 1. The number of hydrogen-bond acceptors (Lipinski definition) is 5. The van der Waals surface area contributed by atoms with Crippen LogP contribution in [0.2, 0.25) is 0 Å². The fourth-order valence-corrected chi connectivity index (χ4v) is 2.77. The molecule has 4 aromatic rings. The van der Waals surface area contributed by atoms with Crippen molar-refractivity contribution < 1.29 is 0 Å². The lowest BCUT2D eigenvalue weighted by Crippen LogP contribution is -2.02. The van der Waals surface area contributed by atoms with Gasteiger partial charge in [-0.15, -0.1) is 5.10 Å². The van der Waals surface area contributed by atoms with Crippen LogP contribution in [0.3, 0.4) is 0 Å². The number of rotatable bonds is 4. The van der Waals surface area contributed by atoms with Crippen LogP contribution in [0.5, 0.6) is 0 Å². The van der Waals surface area contributed by atoms with Crippen molar-refractivity contribution in [3.63, 3.8) is 0 Å². The van der Waals surface area contributed by atoms with Crippen molar-refractivity contribution in [2.24, 2.45) is 0 Å². The fraction of sp³-hybridized carbons (Fsp3) is 0.176. The van der Waals surface area contributed by atoms with E-state index in [1.807, 2.05) is 31.2 Å². The normalized spacial score (nSPS) is 11.1. The first-order valence-corrected chi connectivity index (χ1v) is 7.72. The fourth-order valence-electron chi connectivity index (χ4n) is 2.77. The molecule has 24 heavy (non-hydrogen) atoms. The number of anilines is 1. The molecule has 0 unspecified atom stereocenters. The molecule has 4 rings (SSSR count). The van der Waals surface area contributed by atoms with Gasteiger partial charge in [0, 0.05) is 17.6 Å². The molecule has 0 saturated carbocycles. The zero-order valence-electron chi connectivity index (χ0n) is 13.5. The zero-order chi connectivity index (χ0) is 16.5. The largest absolute Gasteiger partial charge is 0.379 e. The summed E-state index contributed by atoms with van der Waals surface area (Å²) in [5.41, 5.74) is 6.25. The van der Waals surface area contributed by atoms with Gasteiger partial charge in [0.15, 0.2) is 0 Å². The van der Waals surface area contributed by atoms with Gasteiger partial charge in [-0.05, 0) is 60.2 Å². The standard InChI is InChI=1S/C17H17N7/c1-12-8-14(6-7-16(12)24-11-19-21-22-24)18-9-15-10-23-13(2)4-3-5-17(23)20-15/h3-8,10-11,18H,9H2,1-2H3. The average Bonchev–Trinajstić information content (AvgIpc) is 3.23. The highest BCUT2D eigenvalue weighted by Gasteiger charge is 2.06. The number of imidazole rings is 1. The zero-order valence-corrected chi connectivity index (χ0v) is 13.5. The second kappa shape index (κ2) is 5.77. The highest BCUT2D eigenvalue weighted by Crippen LogP contribution is 2.18. The number of benzene rings is 1. The molecule has 0 aliphatic rings. The van der Waals surface area contributed by atoms with Crippen LogP contribution in [0.25, 0.3) is 11.3 Å². The van der Waals surface area contributed by atoms with Gasteiger partial charge >= 0.3 is 0 Å². The predicted octanol–water partition coefficient (Wildman–Crippen LogP) is 2.54. The maximum atomic E-state index is 4.64. The average molecular weight is 319 g/mol. The molecule has 120 valence electrons. The molecule has 0 atom stereocenters. The summed E-state index contributed by atoms with van der Waals surface area (Å²) in [5.74, 6) is 0. The quantitative estimate of drug-likeness (QED) is 0.626. The Morgan fingerprint density at radius 3 is 2.79 bits per heavy atom. The van der Waals surface area contributed by atoms with Crippen LogP contribution < -0.4 is 5.32 Å². The molecule has 0 amide bonds. The number of pyridine rings is 1. The predicted molar refractivity (Wildman–Crippen MR) is 91.1 cm³/mol. The lowest BCUT2D eigenvalue weighted by Gasteiger charge is -2.09. The first-order valence-electron chi connectivity index (χ1n) is 7.72. The lowest BCUT2D eigenvalue weighted by molar-refractivity contribution is 0.785. The van der Waals surface area contributed by atoms with E-state index in [-0.39, 0.29) is 0 Å². The van der Waals surface area contributed by atoms with E-state index in [1.54, 1.807) is 11.0 Å². The molecular formula is C17H17N7. The van der Waals surface area contributed by atoms with Crippen LogP contribution in [-0.2, 0) is 6.54 Å². The minimum absolute atomic E-state index is 0.671. The molecule has 0 fully saturated rings. The second-order valence-electron chi connectivity index (χ2n) is 5.74. The summed E-state index contributed by atoms with van der Waals surface area (Å²) in [6.45, 7) is 4.79. The van der Waals surface area contributed by atoms with Crippen LogP contribution >= 0.6 is 0 Å². The third kappa shape index (κ3) is 2.60. The van der Waals surface area contributed by atoms with E-state index in [1.165, 1.54) is 5.69 Å². The summed E-state index contributed by atoms with van der Waals surface area (Å²) in [7, 11) is 0.